The molecule has 2 aliphatic heterocycles. The molecule has 7 N–H and O–H groups in total. The zero-order chi connectivity index (χ0) is 47.5. The predicted octanol–water partition coefficient (Wildman–Crippen LogP) is 6.77. The number of carbonyl (C=O) groups is 2. The quantitative estimate of drug-likeness (QED) is 0.0192. The first kappa shape index (κ1) is 59.1. The summed E-state index contributed by atoms with van der Waals surface area (Å²) in [6, 6.07) is 0. The number of esters is 2. The Hall–Kier alpha value is -2.02. The van der Waals surface area contributed by atoms with E-state index in [2.05, 4.69) is 38.2 Å². The van der Waals surface area contributed by atoms with E-state index >= 15 is 0 Å². The van der Waals surface area contributed by atoms with E-state index in [4.69, 9.17) is 28.4 Å². The van der Waals surface area contributed by atoms with Crippen molar-refractivity contribution in [1.29, 1.82) is 0 Å². The standard InChI is InChI=1S/C50H90O15/c1-3-5-7-9-11-13-15-17-19-21-22-24-26-28-30-32-41(52)60-35-38(63-42(53)33-31-29-27-25-23-20-18-16-14-12-10-8-6-4-2)36-61-49-48(59)46(57)44(55)40(65-49)37-62-50-47(58)45(56)43(54)39(34-51)64-50/h9,11,16,18,38-40,43-51,54-59H,3-8,10,12-15,17,19-37H2,1-2H3/b11-9+,18-16+/t38-,39-,40-,43+,44+,45?,46?,47?,48?,49-,50-/m1/s1. The molecular formula is C50H90O15. The van der Waals surface area contributed by atoms with Crippen molar-refractivity contribution in [1.82, 2.24) is 0 Å². The number of aliphatic hydroxyl groups excluding tert-OH is 7. The molecule has 0 aromatic heterocycles. The Morgan fingerprint density at radius 1 is 0.477 bits per heavy atom. The molecule has 15 nitrogen and oxygen atoms in total. The number of hydrogen-bond acceptors (Lipinski definition) is 15. The minimum atomic E-state index is -1.76. The lowest BCUT2D eigenvalue weighted by atomic mass is 9.98. The van der Waals surface area contributed by atoms with Crippen molar-refractivity contribution in [3.05, 3.63) is 24.3 Å². The van der Waals surface area contributed by atoms with E-state index in [1.165, 1.54) is 83.5 Å². The van der Waals surface area contributed by atoms with Crippen molar-refractivity contribution >= 4 is 11.9 Å². The van der Waals surface area contributed by atoms with Gasteiger partial charge in [0, 0.05) is 12.8 Å². The summed E-state index contributed by atoms with van der Waals surface area (Å²) in [4.78, 5) is 25.7. The van der Waals surface area contributed by atoms with Crippen molar-refractivity contribution in [2.45, 2.75) is 255 Å². The molecule has 0 radical (unpaired) electrons. The lowest BCUT2D eigenvalue weighted by Crippen LogP contribution is -2.61. The summed E-state index contributed by atoms with van der Waals surface area (Å²) in [7, 11) is 0. The SMILES string of the molecule is CCCC/C=C/CCCCCCCCCCCC(=O)OC[C@H](CO[C@@H]1O[C@H](CO[C@@H]2O[C@H](CO)[C@H](O)C(O)C2O)[C@H](O)C(O)C1O)OC(=O)CCCCCCC/C=C/CCCCCCC. The van der Waals surface area contributed by atoms with Crippen LogP contribution < -0.4 is 0 Å². The normalized spacial score (nSPS) is 26.5. The first-order valence-electron chi connectivity index (χ1n) is 25.4. The van der Waals surface area contributed by atoms with Crippen molar-refractivity contribution < 1.29 is 73.8 Å². The van der Waals surface area contributed by atoms with Crippen molar-refractivity contribution in [2.24, 2.45) is 0 Å². The molecule has 2 heterocycles. The van der Waals surface area contributed by atoms with E-state index in [1.807, 2.05) is 0 Å². The van der Waals surface area contributed by atoms with Gasteiger partial charge in [-0.2, -0.15) is 0 Å². The summed E-state index contributed by atoms with van der Waals surface area (Å²) < 4.78 is 33.5. The molecule has 4 unspecified atom stereocenters. The molecule has 0 aromatic rings. The maximum atomic E-state index is 13.0. The van der Waals surface area contributed by atoms with Crippen LogP contribution in [0.2, 0.25) is 0 Å². The minimum absolute atomic E-state index is 0.156. The number of allylic oxidation sites excluding steroid dienone is 4. The first-order chi connectivity index (χ1) is 31.5. The molecule has 0 aromatic carbocycles. The third kappa shape index (κ3) is 26.4. The van der Waals surface area contributed by atoms with Crippen LogP contribution in [0.3, 0.4) is 0 Å². The van der Waals surface area contributed by atoms with Crippen LogP contribution in [-0.2, 0) is 38.0 Å². The van der Waals surface area contributed by atoms with Gasteiger partial charge in [-0.25, -0.2) is 0 Å². The molecule has 0 amide bonds. The fourth-order valence-corrected chi connectivity index (χ4v) is 7.90. The lowest BCUT2D eigenvalue weighted by Gasteiger charge is -2.42. The largest absolute Gasteiger partial charge is 0.462 e. The molecule has 2 rings (SSSR count). The highest BCUT2D eigenvalue weighted by Gasteiger charge is 2.47. The second-order valence-electron chi connectivity index (χ2n) is 18.0. The van der Waals surface area contributed by atoms with Gasteiger partial charge in [0.2, 0.25) is 0 Å². The van der Waals surface area contributed by atoms with Crippen LogP contribution in [0.5, 0.6) is 0 Å². The van der Waals surface area contributed by atoms with E-state index in [-0.39, 0.29) is 26.1 Å². The maximum absolute atomic E-state index is 13.0. The van der Waals surface area contributed by atoms with E-state index < -0.39 is 92.7 Å². The smallest absolute Gasteiger partial charge is 0.306 e. The number of carbonyl (C=O) groups excluding carboxylic acids is 2. The van der Waals surface area contributed by atoms with Gasteiger partial charge in [-0.1, -0.05) is 141 Å². The highest BCUT2D eigenvalue weighted by atomic mass is 16.7. The molecule has 0 spiro atoms. The number of aliphatic hydroxyl groups is 7. The van der Waals surface area contributed by atoms with Crippen molar-refractivity contribution in [3.63, 3.8) is 0 Å². The molecule has 380 valence electrons. The fourth-order valence-electron chi connectivity index (χ4n) is 7.90. The number of unbranched alkanes of at least 4 members (excludes halogenated alkanes) is 21. The first-order valence-corrected chi connectivity index (χ1v) is 25.4. The molecule has 0 saturated carbocycles. The van der Waals surface area contributed by atoms with Crippen LogP contribution in [0.15, 0.2) is 24.3 Å². The van der Waals surface area contributed by atoms with E-state index in [0.29, 0.717) is 12.8 Å². The maximum Gasteiger partial charge on any atom is 0.306 e. The average Bonchev–Trinajstić information content (AvgIpc) is 3.30. The van der Waals surface area contributed by atoms with Gasteiger partial charge in [0.05, 0.1) is 19.8 Å². The van der Waals surface area contributed by atoms with Crippen molar-refractivity contribution in [3.8, 4) is 0 Å². The van der Waals surface area contributed by atoms with Crippen LogP contribution in [0.25, 0.3) is 0 Å². The number of ether oxygens (including phenoxy) is 6. The van der Waals surface area contributed by atoms with Gasteiger partial charge in [0.15, 0.2) is 18.7 Å². The van der Waals surface area contributed by atoms with Gasteiger partial charge in [-0.3, -0.25) is 9.59 Å². The van der Waals surface area contributed by atoms with Gasteiger partial charge in [-0.15, -0.1) is 0 Å². The zero-order valence-corrected chi connectivity index (χ0v) is 40.0. The van der Waals surface area contributed by atoms with E-state index in [1.54, 1.807) is 0 Å². The highest BCUT2D eigenvalue weighted by Crippen LogP contribution is 2.26. The Bertz CT molecular complexity index is 1230. The molecule has 2 aliphatic rings. The van der Waals surface area contributed by atoms with Crippen LogP contribution >= 0.6 is 0 Å². The third-order valence-corrected chi connectivity index (χ3v) is 12.2. The molecule has 11 atom stereocenters. The zero-order valence-electron chi connectivity index (χ0n) is 40.0. The highest BCUT2D eigenvalue weighted by molar-refractivity contribution is 5.70. The van der Waals surface area contributed by atoms with Gasteiger partial charge in [-0.05, 0) is 57.8 Å². The lowest BCUT2D eigenvalue weighted by molar-refractivity contribution is -0.332. The average molecular weight is 931 g/mol. The molecule has 0 bridgehead atoms. The Kier molecular flexibility index (Phi) is 34.5. The molecule has 2 saturated heterocycles. The topological polar surface area (TPSA) is 231 Å². The van der Waals surface area contributed by atoms with Crippen LogP contribution in [0.1, 0.15) is 187 Å². The second kappa shape index (κ2) is 37.9. The fraction of sp³-hybridized carbons (Fsp3) is 0.880. The summed E-state index contributed by atoms with van der Waals surface area (Å²) >= 11 is 0. The summed E-state index contributed by atoms with van der Waals surface area (Å²) in [5.74, 6) is -0.934. The second-order valence-corrected chi connectivity index (χ2v) is 18.0. The van der Waals surface area contributed by atoms with Crippen LogP contribution in [-0.4, -0.2) is 142 Å². The Morgan fingerprint density at radius 3 is 1.40 bits per heavy atom. The molecule has 2 fully saturated rings. The van der Waals surface area contributed by atoms with Gasteiger partial charge < -0.3 is 64.2 Å². The monoisotopic (exact) mass is 931 g/mol. The molecule has 15 heteroatoms. The van der Waals surface area contributed by atoms with E-state index in [9.17, 15) is 45.3 Å². The molecular weight excluding hydrogens is 841 g/mol. The van der Waals surface area contributed by atoms with Crippen molar-refractivity contribution in [2.75, 3.05) is 26.4 Å². The number of rotatable bonds is 39. The molecule has 0 aliphatic carbocycles. The van der Waals surface area contributed by atoms with Crippen LogP contribution in [0, 0.1) is 0 Å². The minimum Gasteiger partial charge on any atom is -0.462 e. The molecule has 65 heavy (non-hydrogen) atoms. The number of hydrogen-bond donors (Lipinski definition) is 7. The summed E-state index contributed by atoms with van der Waals surface area (Å²) in [6.07, 6.45) is 20.6. The van der Waals surface area contributed by atoms with E-state index in [0.717, 1.165) is 64.2 Å². The summed E-state index contributed by atoms with van der Waals surface area (Å²) in [5, 5.41) is 72.0. The Morgan fingerprint density at radius 2 is 0.892 bits per heavy atom. The summed E-state index contributed by atoms with van der Waals surface area (Å²) in [6.45, 7) is 2.54. The van der Waals surface area contributed by atoms with Gasteiger partial charge in [0.1, 0.15) is 55.4 Å². The van der Waals surface area contributed by atoms with Gasteiger partial charge >= 0.3 is 11.9 Å². The summed E-state index contributed by atoms with van der Waals surface area (Å²) in [5.41, 5.74) is 0. The Labute approximate surface area is 390 Å². The van der Waals surface area contributed by atoms with Gasteiger partial charge in [0.25, 0.3) is 0 Å². The predicted molar refractivity (Wildman–Crippen MR) is 247 cm³/mol. The van der Waals surface area contributed by atoms with Crippen LogP contribution in [0.4, 0.5) is 0 Å². The third-order valence-electron chi connectivity index (χ3n) is 12.2. The Balaban J connectivity index is 1.82.